The lowest BCUT2D eigenvalue weighted by Gasteiger charge is -2.47. The van der Waals surface area contributed by atoms with E-state index < -0.39 is 96.7 Å². The fraction of sp³-hybridized carbons (Fsp3) is 0.538. The molecule has 1 aliphatic carbocycles. The van der Waals surface area contributed by atoms with Gasteiger partial charge in [-0.2, -0.15) is 4.98 Å². The normalized spacial score (nSPS) is 20.3. The number of hydrogen-bond acceptors (Lipinski definition) is 16. The molecule has 0 saturated carbocycles. The molecule has 4 rings (SSSR count). The van der Waals surface area contributed by atoms with Crippen molar-refractivity contribution < 1.29 is 40.9 Å². The molecule has 252 valence electrons. The molecule has 7 atom stereocenters. The second kappa shape index (κ2) is 13.2. The highest BCUT2D eigenvalue weighted by Gasteiger charge is 2.43. The van der Waals surface area contributed by atoms with E-state index in [0.717, 1.165) is 0 Å². The van der Waals surface area contributed by atoms with E-state index in [9.17, 15) is 60.0 Å². The Morgan fingerprint density at radius 1 is 0.913 bits per heavy atom. The smallest absolute Gasteiger partial charge is 0.349 e. The Labute approximate surface area is 257 Å². The van der Waals surface area contributed by atoms with Crippen molar-refractivity contribution in [1.82, 2.24) is 29.5 Å². The molecule has 3 heterocycles. The monoisotopic (exact) mass is 652 g/mol. The standard InChI is InChI=1S/C26H36N8O12/c1-9-3-11-10(28-17-21(30-25(46)32-23(17)44)33(11)5-12(37)18(41)14(39)7-35)4-26(9,2)34(6-13(38)19(42)15(40)8-36)20-16(27)22(43)31-24(45)29-20/h3,12-15,18-19,35-42H,4-8,27H2,1-2H3,(H,32,44,46)(H2,29,31,43,45)/t12-,13-,14+,15+,18-,19-,26-/m0/s1. The van der Waals surface area contributed by atoms with Crippen LogP contribution in [-0.2, 0) is 13.0 Å². The van der Waals surface area contributed by atoms with Crippen molar-refractivity contribution in [3.8, 4) is 11.5 Å². The van der Waals surface area contributed by atoms with E-state index in [0.29, 0.717) is 5.57 Å². The number of rotatable bonds is 12. The SMILES string of the molecule is CC1=Cc2c(nc3c(=O)[nH]c(=O)nc-3n2C[C@H](O)[C@H](O)[C@H](O)CO)C[C@]1(C)N(C[C@H](O)[C@H](O)[C@H](O)CO)c1[nH]c(=O)[nH]c(=O)c1N. The number of aromatic amines is 3. The van der Waals surface area contributed by atoms with E-state index in [1.807, 2.05) is 9.97 Å². The fourth-order valence-electron chi connectivity index (χ4n) is 5.35. The van der Waals surface area contributed by atoms with Gasteiger partial charge < -0.3 is 56.1 Å². The van der Waals surface area contributed by atoms with Gasteiger partial charge in [0.2, 0.25) is 0 Å². The van der Waals surface area contributed by atoms with Crippen molar-refractivity contribution in [2.24, 2.45) is 0 Å². The minimum atomic E-state index is -1.89. The Kier molecular flexibility index (Phi) is 9.94. The van der Waals surface area contributed by atoms with Gasteiger partial charge in [0.1, 0.15) is 48.1 Å². The van der Waals surface area contributed by atoms with Gasteiger partial charge in [-0.15, -0.1) is 0 Å². The van der Waals surface area contributed by atoms with Gasteiger partial charge in [0, 0.05) is 13.0 Å². The molecule has 20 heteroatoms. The number of aromatic nitrogens is 6. The van der Waals surface area contributed by atoms with Crippen LogP contribution in [0.25, 0.3) is 17.6 Å². The summed E-state index contributed by atoms with van der Waals surface area (Å²) in [7, 11) is 0. The molecule has 0 spiro atoms. The van der Waals surface area contributed by atoms with Crippen LogP contribution in [0.5, 0.6) is 0 Å². The first-order chi connectivity index (χ1) is 21.5. The summed E-state index contributed by atoms with van der Waals surface area (Å²) < 4.78 is 1.22. The van der Waals surface area contributed by atoms with E-state index in [1.54, 1.807) is 13.8 Å². The topological polar surface area (TPSA) is 337 Å². The molecule has 0 radical (unpaired) electrons. The Bertz CT molecular complexity index is 1820. The van der Waals surface area contributed by atoms with Gasteiger partial charge in [-0.1, -0.05) is 0 Å². The predicted molar refractivity (Wildman–Crippen MR) is 159 cm³/mol. The van der Waals surface area contributed by atoms with E-state index in [4.69, 9.17) is 5.73 Å². The number of anilines is 2. The lowest BCUT2D eigenvalue weighted by atomic mass is 9.80. The quantitative estimate of drug-likeness (QED) is 0.0865. The molecule has 20 nitrogen and oxygen atoms in total. The molecule has 0 fully saturated rings. The Balaban J connectivity index is 1.95. The summed E-state index contributed by atoms with van der Waals surface area (Å²) in [5.41, 5.74) is 0.651. The van der Waals surface area contributed by atoms with Crippen LogP contribution in [-0.4, -0.2) is 132 Å². The summed E-state index contributed by atoms with van der Waals surface area (Å²) in [5, 5.41) is 80.7. The molecule has 0 amide bonds. The Morgan fingerprint density at radius 2 is 1.52 bits per heavy atom. The molecule has 2 aliphatic heterocycles. The Hall–Kier alpha value is -4.28. The Morgan fingerprint density at radius 3 is 2.13 bits per heavy atom. The van der Waals surface area contributed by atoms with E-state index in [1.165, 1.54) is 15.5 Å². The maximum atomic E-state index is 12.8. The number of β-amino-alcohol motifs (C(OH)–C–C–N with tert-alkyl or cyclic N) is 1. The highest BCUT2D eigenvalue weighted by Crippen LogP contribution is 2.39. The van der Waals surface area contributed by atoms with Crippen LogP contribution in [0.1, 0.15) is 25.2 Å². The van der Waals surface area contributed by atoms with Gasteiger partial charge in [0.25, 0.3) is 11.1 Å². The number of nitrogens with two attached hydrogens (primary N) is 1. The second-order valence-corrected chi connectivity index (χ2v) is 11.3. The summed E-state index contributed by atoms with van der Waals surface area (Å²) in [6, 6.07) is 0. The van der Waals surface area contributed by atoms with Crippen molar-refractivity contribution in [2.75, 3.05) is 30.4 Å². The number of nitrogens with one attached hydrogen (secondary N) is 3. The van der Waals surface area contributed by atoms with Gasteiger partial charge in [-0.05, 0) is 25.5 Å². The van der Waals surface area contributed by atoms with Crippen molar-refractivity contribution in [3.63, 3.8) is 0 Å². The first-order valence-corrected chi connectivity index (χ1v) is 14.0. The van der Waals surface area contributed by atoms with Crippen molar-refractivity contribution in [3.05, 3.63) is 58.6 Å². The van der Waals surface area contributed by atoms with Crippen LogP contribution >= 0.6 is 0 Å². The molecule has 1 aromatic heterocycles. The third-order valence-electron chi connectivity index (χ3n) is 8.17. The highest BCUT2D eigenvalue weighted by atomic mass is 16.4. The van der Waals surface area contributed by atoms with Gasteiger partial charge in [-0.3, -0.25) is 24.5 Å². The predicted octanol–water partition coefficient (Wildman–Crippen LogP) is -6.24. The molecule has 0 aromatic carbocycles. The van der Waals surface area contributed by atoms with Crippen LogP contribution in [0.2, 0.25) is 0 Å². The van der Waals surface area contributed by atoms with Crippen molar-refractivity contribution in [2.45, 2.75) is 69.0 Å². The highest BCUT2D eigenvalue weighted by molar-refractivity contribution is 5.69. The average Bonchev–Trinajstić information content (AvgIpc) is 3.01. The first kappa shape index (κ1) is 34.6. The van der Waals surface area contributed by atoms with Crippen LogP contribution in [0.15, 0.2) is 24.8 Å². The lowest BCUT2D eigenvalue weighted by molar-refractivity contribution is -0.0806. The van der Waals surface area contributed by atoms with E-state index in [-0.39, 0.29) is 35.1 Å². The van der Waals surface area contributed by atoms with Gasteiger partial charge in [0.05, 0.1) is 36.7 Å². The fourth-order valence-corrected chi connectivity index (χ4v) is 5.35. The third kappa shape index (κ3) is 6.37. The molecule has 46 heavy (non-hydrogen) atoms. The van der Waals surface area contributed by atoms with Crippen molar-refractivity contribution in [1.29, 1.82) is 0 Å². The van der Waals surface area contributed by atoms with E-state index >= 15 is 0 Å². The average molecular weight is 653 g/mol. The summed E-state index contributed by atoms with van der Waals surface area (Å²) >= 11 is 0. The molecular formula is C26H36N8O12. The molecule has 13 N–H and O–H groups in total. The minimum absolute atomic E-state index is 0.122. The van der Waals surface area contributed by atoms with Crippen molar-refractivity contribution >= 4 is 17.6 Å². The second-order valence-electron chi connectivity index (χ2n) is 11.3. The van der Waals surface area contributed by atoms with Gasteiger partial charge in [0.15, 0.2) is 11.5 Å². The number of nitrogen functional groups attached to an aromatic ring is 1. The molecule has 0 saturated heterocycles. The van der Waals surface area contributed by atoms with Crippen LogP contribution < -0.4 is 33.1 Å². The first-order valence-electron chi connectivity index (χ1n) is 14.0. The zero-order chi connectivity index (χ0) is 34.2. The number of H-pyrrole nitrogens is 3. The molecule has 1 aromatic rings. The molecular weight excluding hydrogens is 616 g/mol. The van der Waals surface area contributed by atoms with Gasteiger partial charge in [-0.25, -0.2) is 14.6 Å². The number of aliphatic hydroxyl groups excluding tert-OH is 8. The largest absolute Gasteiger partial charge is 0.394 e. The lowest BCUT2D eigenvalue weighted by Crippen LogP contribution is -2.57. The summed E-state index contributed by atoms with van der Waals surface area (Å²) in [5.74, 6) is -0.556. The van der Waals surface area contributed by atoms with Crippen LogP contribution in [0, 0.1) is 0 Å². The maximum Gasteiger partial charge on any atom is 0.349 e. The van der Waals surface area contributed by atoms with E-state index in [2.05, 4.69) is 15.0 Å². The number of aliphatic hydroxyl groups is 8. The summed E-state index contributed by atoms with van der Waals surface area (Å²) in [6.45, 7) is 0.292. The van der Waals surface area contributed by atoms with Crippen LogP contribution in [0.4, 0.5) is 11.5 Å². The van der Waals surface area contributed by atoms with Gasteiger partial charge >= 0.3 is 11.4 Å². The summed E-state index contributed by atoms with van der Waals surface area (Å²) in [4.78, 5) is 65.7. The zero-order valence-electron chi connectivity index (χ0n) is 24.7. The minimum Gasteiger partial charge on any atom is -0.394 e. The maximum absolute atomic E-state index is 12.8. The zero-order valence-corrected chi connectivity index (χ0v) is 24.7. The molecule has 3 aliphatic rings. The number of nitrogens with zero attached hydrogens (tertiary/aromatic N) is 4. The molecule has 0 unspecified atom stereocenters. The third-order valence-corrected chi connectivity index (χ3v) is 8.17. The number of hydrogen-bond donors (Lipinski definition) is 12. The van der Waals surface area contributed by atoms with Crippen LogP contribution in [0.3, 0.4) is 0 Å². The molecule has 0 bridgehead atoms. The number of fused-ring (bicyclic) bond motifs is 2. The summed E-state index contributed by atoms with van der Waals surface area (Å²) in [6.07, 6.45) is -9.44.